The fourth-order valence-corrected chi connectivity index (χ4v) is 4.26. The van der Waals surface area contributed by atoms with Crippen LogP contribution in [0.3, 0.4) is 0 Å². The highest BCUT2D eigenvalue weighted by atomic mass is 35.5. The van der Waals surface area contributed by atoms with Gasteiger partial charge in [0.15, 0.2) is 0 Å². The van der Waals surface area contributed by atoms with Crippen molar-refractivity contribution in [2.75, 3.05) is 11.2 Å². The molecule has 3 aromatic rings. The van der Waals surface area contributed by atoms with Crippen molar-refractivity contribution in [3.8, 4) is 11.3 Å². The first kappa shape index (κ1) is 31.9. The molecule has 0 saturated heterocycles. The molecule has 0 spiro atoms. The summed E-state index contributed by atoms with van der Waals surface area (Å²) in [7, 11) is 1.80. The number of halogens is 2. The number of carbonyl (C=O) groups is 2. The smallest absolute Gasteiger partial charge is 0.435 e. The lowest BCUT2D eigenvalue weighted by Crippen LogP contribution is -2.28. The van der Waals surface area contributed by atoms with E-state index in [0.29, 0.717) is 27.7 Å². The maximum atomic E-state index is 13.0. The molecule has 0 unspecified atom stereocenters. The highest BCUT2D eigenvalue weighted by molar-refractivity contribution is 6.33. The number of ether oxygens (including phenoxy) is 1. The van der Waals surface area contributed by atoms with Crippen molar-refractivity contribution in [1.82, 2.24) is 19.6 Å². The minimum absolute atomic E-state index is 0.152. The molecule has 0 radical (unpaired) electrons. The van der Waals surface area contributed by atoms with Crippen LogP contribution in [0.15, 0.2) is 31.1 Å². The number of alkyl halides is 1. The van der Waals surface area contributed by atoms with Gasteiger partial charge in [0, 0.05) is 30.1 Å². The van der Waals surface area contributed by atoms with Gasteiger partial charge in [-0.2, -0.15) is 14.9 Å². The second-order valence-corrected chi connectivity index (χ2v) is 10.7. The topological polar surface area (TPSA) is 91.0 Å². The Balaban J connectivity index is 0.00000170. The predicted octanol–water partition coefficient (Wildman–Crippen LogP) is 7.83. The number of aromatic nitrogens is 4. The first-order valence-corrected chi connectivity index (χ1v) is 13.5. The predicted molar refractivity (Wildman–Crippen MR) is 161 cm³/mol. The molecule has 10 heteroatoms. The molecule has 0 aliphatic carbocycles. The second-order valence-electron chi connectivity index (χ2n) is 10.0. The summed E-state index contributed by atoms with van der Waals surface area (Å²) in [6, 6.07) is 3.50. The second kappa shape index (κ2) is 13.6. The lowest BCUT2D eigenvalue weighted by atomic mass is 9.97. The largest absolute Gasteiger partial charge is 0.442 e. The van der Waals surface area contributed by atoms with Gasteiger partial charge in [0.25, 0.3) is 0 Å². The average molecular weight is 575 g/mol. The van der Waals surface area contributed by atoms with Crippen LogP contribution < -0.4 is 5.32 Å². The summed E-state index contributed by atoms with van der Waals surface area (Å²) in [6.45, 7) is 17.3. The summed E-state index contributed by atoms with van der Waals surface area (Å²) >= 11 is 12.2. The van der Waals surface area contributed by atoms with Crippen molar-refractivity contribution >= 4 is 58.6 Å². The van der Waals surface area contributed by atoms with Crippen LogP contribution in [-0.2, 0) is 16.6 Å². The molecule has 8 nitrogen and oxygen atoms in total. The van der Waals surface area contributed by atoms with Crippen LogP contribution in [0, 0.1) is 6.92 Å². The molecular formula is C29H37Cl2N5O3. The summed E-state index contributed by atoms with van der Waals surface area (Å²) < 4.78 is 8.43. The van der Waals surface area contributed by atoms with Gasteiger partial charge in [-0.3, -0.25) is 9.48 Å². The Morgan fingerprint density at radius 1 is 1.23 bits per heavy atom. The maximum Gasteiger partial charge on any atom is 0.435 e. The third-order valence-corrected chi connectivity index (χ3v) is 5.69. The van der Waals surface area contributed by atoms with Gasteiger partial charge in [-0.15, -0.1) is 11.6 Å². The summed E-state index contributed by atoms with van der Waals surface area (Å²) in [5.74, 6) is -0.473. The molecule has 0 aliphatic heterocycles. The van der Waals surface area contributed by atoms with Crippen molar-refractivity contribution in [2.24, 2.45) is 7.05 Å². The number of hydrogen-bond acceptors (Lipinski definition) is 5. The van der Waals surface area contributed by atoms with E-state index in [0.717, 1.165) is 22.3 Å². The molecule has 210 valence electrons. The molecule has 0 fully saturated rings. The van der Waals surface area contributed by atoms with E-state index in [-0.39, 0.29) is 11.8 Å². The van der Waals surface area contributed by atoms with Crippen molar-refractivity contribution in [2.45, 2.75) is 60.5 Å². The van der Waals surface area contributed by atoms with Gasteiger partial charge in [-0.1, -0.05) is 38.4 Å². The molecular weight excluding hydrogens is 537 g/mol. The SMILES string of the molecule is C=Cc1c(/C=C(\C)c2c(C)cc(NC(=O)CCl)cc2Cl)c(-c2cnn(C)c2)nn1C(=O)OC(C)(C)C.CCC. The molecule has 2 aromatic heterocycles. The lowest BCUT2D eigenvalue weighted by molar-refractivity contribution is -0.113. The Hall–Kier alpha value is -3.36. The minimum atomic E-state index is -0.701. The Bertz CT molecular complexity index is 1360. The van der Waals surface area contributed by atoms with Crippen LogP contribution in [0.5, 0.6) is 0 Å². The number of allylic oxidation sites excluding steroid dienone is 1. The van der Waals surface area contributed by atoms with Crippen LogP contribution in [0.2, 0.25) is 5.02 Å². The van der Waals surface area contributed by atoms with Gasteiger partial charge in [0.05, 0.1) is 16.9 Å². The van der Waals surface area contributed by atoms with Gasteiger partial charge < -0.3 is 10.1 Å². The number of carbonyl (C=O) groups excluding carboxylic acids is 2. The van der Waals surface area contributed by atoms with Crippen LogP contribution in [0.25, 0.3) is 29.0 Å². The fourth-order valence-electron chi connectivity index (χ4n) is 3.78. The van der Waals surface area contributed by atoms with Gasteiger partial charge in [-0.05, 0) is 75.6 Å². The number of benzene rings is 1. The Morgan fingerprint density at radius 2 is 1.87 bits per heavy atom. The maximum absolute atomic E-state index is 13.0. The van der Waals surface area contributed by atoms with E-state index >= 15 is 0 Å². The minimum Gasteiger partial charge on any atom is -0.442 e. The van der Waals surface area contributed by atoms with Crippen molar-refractivity contribution in [3.05, 3.63) is 58.5 Å². The Labute approximate surface area is 240 Å². The van der Waals surface area contributed by atoms with E-state index in [1.54, 1.807) is 50.8 Å². The lowest BCUT2D eigenvalue weighted by Gasteiger charge is -2.19. The van der Waals surface area contributed by atoms with E-state index in [1.165, 1.54) is 11.1 Å². The van der Waals surface area contributed by atoms with E-state index < -0.39 is 11.7 Å². The number of nitrogens with zero attached hydrogens (tertiary/aromatic N) is 4. The zero-order valence-electron chi connectivity index (χ0n) is 23.9. The molecule has 39 heavy (non-hydrogen) atoms. The van der Waals surface area contributed by atoms with Crippen LogP contribution >= 0.6 is 23.2 Å². The molecule has 0 aliphatic rings. The van der Waals surface area contributed by atoms with Crippen molar-refractivity contribution in [3.63, 3.8) is 0 Å². The number of anilines is 1. The third kappa shape index (κ3) is 8.31. The summed E-state index contributed by atoms with van der Waals surface area (Å²) in [5.41, 5.74) is 4.73. The van der Waals surface area contributed by atoms with Gasteiger partial charge in [-0.25, -0.2) is 4.79 Å². The van der Waals surface area contributed by atoms with Gasteiger partial charge in [0.2, 0.25) is 5.91 Å². The van der Waals surface area contributed by atoms with Gasteiger partial charge in [0.1, 0.15) is 17.2 Å². The van der Waals surface area contributed by atoms with Crippen LogP contribution in [0.1, 0.15) is 70.3 Å². The van der Waals surface area contributed by atoms with Crippen molar-refractivity contribution in [1.29, 1.82) is 0 Å². The molecule has 1 N–H and O–H groups in total. The van der Waals surface area contributed by atoms with E-state index in [4.69, 9.17) is 27.9 Å². The van der Waals surface area contributed by atoms with Crippen molar-refractivity contribution < 1.29 is 14.3 Å². The number of hydrogen-bond donors (Lipinski definition) is 1. The number of amides is 1. The number of aryl methyl sites for hydroxylation is 2. The standard InChI is InChI=1S/C26H29Cl2N5O3.C3H8/c1-8-21-19(10-16(3)23-15(2)9-18(11-20(23)28)30-22(34)12-27)24(17-13-29-32(7)14-17)31-33(21)25(35)36-26(4,5)6;1-3-2/h8-11,13-14H,1,12H2,2-7H3,(H,30,34);3H2,1-2H3/b16-10+;. The third-order valence-electron chi connectivity index (χ3n) is 5.15. The normalized spacial score (nSPS) is 11.5. The van der Waals surface area contributed by atoms with Crippen LogP contribution in [-0.4, -0.2) is 43.0 Å². The van der Waals surface area contributed by atoms with Crippen LogP contribution in [0.4, 0.5) is 10.5 Å². The zero-order valence-corrected chi connectivity index (χ0v) is 25.4. The van der Waals surface area contributed by atoms with E-state index in [1.807, 2.05) is 32.2 Å². The summed E-state index contributed by atoms with van der Waals surface area (Å²) in [4.78, 5) is 24.7. The molecule has 3 rings (SSSR count). The first-order chi connectivity index (χ1) is 18.3. The number of rotatable bonds is 6. The molecule has 1 amide bonds. The highest BCUT2D eigenvalue weighted by Gasteiger charge is 2.25. The monoisotopic (exact) mass is 573 g/mol. The summed E-state index contributed by atoms with van der Waals surface area (Å²) in [5, 5.41) is 12.0. The average Bonchev–Trinajstić information content (AvgIpc) is 3.41. The first-order valence-electron chi connectivity index (χ1n) is 12.6. The quantitative estimate of drug-likeness (QED) is 0.303. The summed E-state index contributed by atoms with van der Waals surface area (Å²) in [6.07, 6.45) is 7.59. The molecule has 2 heterocycles. The zero-order chi connectivity index (χ0) is 29.5. The molecule has 0 saturated carbocycles. The van der Waals surface area contributed by atoms with E-state index in [2.05, 4.69) is 35.9 Å². The highest BCUT2D eigenvalue weighted by Crippen LogP contribution is 2.35. The Kier molecular flexibility index (Phi) is 11.1. The number of nitrogens with one attached hydrogen (secondary N) is 1. The molecule has 0 bridgehead atoms. The van der Waals surface area contributed by atoms with E-state index in [9.17, 15) is 9.59 Å². The Morgan fingerprint density at radius 3 is 2.36 bits per heavy atom. The fraction of sp³-hybridized carbons (Fsp3) is 0.379. The molecule has 0 atom stereocenters. The van der Waals surface area contributed by atoms with Gasteiger partial charge >= 0.3 is 6.09 Å². The molecule has 1 aromatic carbocycles.